The number of ether oxygens (including phenoxy) is 3. The third kappa shape index (κ3) is 7.68. The van der Waals surface area contributed by atoms with Crippen LogP contribution in [0.15, 0.2) is 79.0 Å². The van der Waals surface area contributed by atoms with Crippen molar-refractivity contribution in [1.82, 2.24) is 14.9 Å². The fourth-order valence-electron chi connectivity index (χ4n) is 6.27. The van der Waals surface area contributed by atoms with Crippen LogP contribution in [0, 0.1) is 5.92 Å². The number of hydrogen-bond acceptors (Lipinski definition) is 9. The second-order valence-electron chi connectivity index (χ2n) is 13.3. The Balaban J connectivity index is 1.24. The number of para-hydroxylation sites is 2. The Morgan fingerprint density at radius 1 is 1.00 bits per heavy atom. The minimum atomic E-state index is -0.737. The van der Waals surface area contributed by atoms with E-state index in [1.54, 1.807) is 6.07 Å². The van der Waals surface area contributed by atoms with E-state index >= 15 is 0 Å². The maximum Gasteiger partial charge on any atom is 0.323 e. The first-order chi connectivity index (χ1) is 22.6. The molecule has 3 aromatic carbocycles. The molecule has 0 unspecified atom stereocenters. The Labute approximate surface area is 275 Å². The van der Waals surface area contributed by atoms with Gasteiger partial charge in [0, 0.05) is 23.7 Å². The van der Waals surface area contributed by atoms with Gasteiger partial charge in [0.05, 0.1) is 36.0 Å². The summed E-state index contributed by atoms with van der Waals surface area (Å²) in [7, 11) is 0. The zero-order valence-electron chi connectivity index (χ0n) is 27.3. The summed E-state index contributed by atoms with van der Waals surface area (Å²) in [4.78, 5) is 37.3. The first-order valence-corrected chi connectivity index (χ1v) is 16.2. The highest BCUT2D eigenvalue weighted by molar-refractivity contribution is 6.03. The molecule has 2 N–H and O–H groups in total. The average molecular weight is 639 g/mol. The van der Waals surface area contributed by atoms with Gasteiger partial charge >= 0.3 is 5.97 Å². The third-order valence-electron chi connectivity index (χ3n) is 8.68. The molecule has 10 heteroatoms. The summed E-state index contributed by atoms with van der Waals surface area (Å²) >= 11 is 0. The summed E-state index contributed by atoms with van der Waals surface area (Å²) in [5.41, 5.74) is 4.10. The van der Waals surface area contributed by atoms with Gasteiger partial charge in [-0.25, -0.2) is 4.98 Å². The number of amides is 1. The molecule has 1 aromatic heterocycles. The van der Waals surface area contributed by atoms with Crippen molar-refractivity contribution >= 4 is 28.6 Å². The lowest BCUT2D eigenvalue weighted by Crippen LogP contribution is -2.48. The summed E-state index contributed by atoms with van der Waals surface area (Å²) in [6, 6.07) is 22.2. The van der Waals surface area contributed by atoms with Gasteiger partial charge < -0.3 is 24.6 Å². The predicted octanol–water partition coefficient (Wildman–Crippen LogP) is 5.97. The molecule has 6 rings (SSSR count). The number of fused-ring (bicyclic) bond motifs is 1. The van der Waals surface area contributed by atoms with Crippen molar-refractivity contribution in [2.24, 2.45) is 5.92 Å². The Bertz CT molecular complexity index is 1720. The predicted molar refractivity (Wildman–Crippen MR) is 177 cm³/mol. The van der Waals surface area contributed by atoms with Crippen LogP contribution in [0.25, 0.3) is 11.0 Å². The number of anilines is 1. The van der Waals surface area contributed by atoms with E-state index < -0.39 is 11.9 Å². The fraction of sp³-hybridized carbons (Fsp3) is 0.405. The molecule has 0 spiro atoms. The summed E-state index contributed by atoms with van der Waals surface area (Å²) < 4.78 is 19.1. The van der Waals surface area contributed by atoms with Crippen LogP contribution in [0.1, 0.15) is 80.1 Å². The maximum absolute atomic E-state index is 13.2. The molecule has 1 amide bonds. The smallest absolute Gasteiger partial charge is 0.323 e. The SMILES string of the molecule is C[C@@H]1[C@H](CN2CCC[C@H]2C(=O)OC(C)(C)C)O[C@H](c2cccc(NC(=O)c3cnc4ccccc4n3)c2)O[C@@H]1c1ccc(CO)cc1. The van der Waals surface area contributed by atoms with Crippen LogP contribution in [0.2, 0.25) is 0 Å². The standard InChI is InChI=1S/C37H42N4O6/c1-23-32(21-41-18-8-13-31(41)35(44)47-37(2,3)4)45-36(46-33(23)25-16-14-24(22-42)15-17-25)26-9-7-10-27(19-26)39-34(43)30-20-38-28-11-5-6-12-29(28)40-30/h5-7,9-12,14-17,19-20,23,31-33,36,42H,8,13,18,21-22H2,1-4H3,(H,39,43)/t23-,31+,32+,33+,36+/m1/s1. The average Bonchev–Trinajstić information content (AvgIpc) is 3.53. The fourth-order valence-corrected chi connectivity index (χ4v) is 6.27. The van der Waals surface area contributed by atoms with Crippen LogP contribution >= 0.6 is 0 Å². The number of benzene rings is 3. The molecule has 4 aromatic rings. The number of hydrogen-bond donors (Lipinski definition) is 2. The third-order valence-corrected chi connectivity index (χ3v) is 8.68. The summed E-state index contributed by atoms with van der Waals surface area (Å²) in [5.74, 6) is -0.635. The van der Waals surface area contributed by atoms with E-state index in [9.17, 15) is 14.7 Å². The minimum absolute atomic E-state index is 0.0416. The van der Waals surface area contributed by atoms with Crippen molar-refractivity contribution < 1.29 is 28.9 Å². The van der Waals surface area contributed by atoms with Crippen LogP contribution in [0.5, 0.6) is 0 Å². The van der Waals surface area contributed by atoms with E-state index in [1.807, 2.05) is 87.5 Å². The van der Waals surface area contributed by atoms with Crippen molar-refractivity contribution in [1.29, 1.82) is 0 Å². The van der Waals surface area contributed by atoms with Gasteiger partial charge in [-0.15, -0.1) is 0 Å². The van der Waals surface area contributed by atoms with E-state index in [4.69, 9.17) is 14.2 Å². The zero-order chi connectivity index (χ0) is 33.1. The van der Waals surface area contributed by atoms with Gasteiger partial charge in [0.25, 0.3) is 5.91 Å². The first kappa shape index (κ1) is 32.7. The van der Waals surface area contributed by atoms with Gasteiger partial charge in [0.2, 0.25) is 0 Å². The van der Waals surface area contributed by atoms with Crippen LogP contribution in [0.4, 0.5) is 5.69 Å². The summed E-state index contributed by atoms with van der Waals surface area (Å²) in [5, 5.41) is 12.5. The molecule has 0 saturated carbocycles. The quantitative estimate of drug-likeness (QED) is 0.225. The van der Waals surface area contributed by atoms with E-state index in [1.165, 1.54) is 6.20 Å². The van der Waals surface area contributed by atoms with E-state index in [-0.39, 0.29) is 48.3 Å². The molecule has 246 valence electrons. The molecular weight excluding hydrogens is 596 g/mol. The van der Waals surface area contributed by atoms with E-state index in [0.29, 0.717) is 23.3 Å². The lowest BCUT2D eigenvalue weighted by atomic mass is 9.90. The molecule has 10 nitrogen and oxygen atoms in total. The Hall–Kier alpha value is -4.22. The molecule has 0 radical (unpaired) electrons. The number of aliphatic hydroxyl groups is 1. The van der Waals surface area contributed by atoms with Crippen molar-refractivity contribution in [3.8, 4) is 0 Å². The number of carbonyl (C=O) groups is 2. The normalized spacial score (nSPS) is 23.5. The number of aromatic nitrogens is 2. The number of rotatable bonds is 8. The summed E-state index contributed by atoms with van der Waals surface area (Å²) in [6.07, 6.45) is 1.78. The molecule has 5 atom stereocenters. The molecule has 47 heavy (non-hydrogen) atoms. The molecule has 3 heterocycles. The van der Waals surface area contributed by atoms with Gasteiger partial charge in [-0.2, -0.15) is 0 Å². The Kier molecular flexibility index (Phi) is 9.65. The molecule has 0 bridgehead atoms. The maximum atomic E-state index is 13.2. The topological polar surface area (TPSA) is 123 Å². The highest BCUT2D eigenvalue weighted by Gasteiger charge is 2.42. The zero-order valence-corrected chi connectivity index (χ0v) is 27.3. The molecule has 2 saturated heterocycles. The van der Waals surface area contributed by atoms with E-state index in [0.717, 1.165) is 36.1 Å². The van der Waals surface area contributed by atoms with Crippen LogP contribution in [0.3, 0.4) is 0 Å². The number of likely N-dealkylation sites (tertiary alicyclic amines) is 1. The number of nitrogens with zero attached hydrogens (tertiary/aromatic N) is 3. The molecule has 2 aliphatic rings. The lowest BCUT2D eigenvalue weighted by Gasteiger charge is -2.43. The van der Waals surface area contributed by atoms with E-state index in [2.05, 4.69) is 27.1 Å². The number of carbonyl (C=O) groups excluding carboxylic acids is 2. The number of nitrogens with one attached hydrogen (secondary N) is 1. The summed E-state index contributed by atoms with van der Waals surface area (Å²) in [6.45, 7) is 9.03. The van der Waals surface area contributed by atoms with Gasteiger partial charge in [-0.05, 0) is 75.5 Å². The van der Waals surface area contributed by atoms with Gasteiger partial charge in [-0.1, -0.05) is 55.5 Å². The van der Waals surface area contributed by atoms with Gasteiger partial charge in [-0.3, -0.25) is 19.5 Å². The Morgan fingerprint density at radius 2 is 1.77 bits per heavy atom. The monoisotopic (exact) mass is 638 g/mol. The largest absolute Gasteiger partial charge is 0.459 e. The highest BCUT2D eigenvalue weighted by atomic mass is 16.7. The van der Waals surface area contributed by atoms with Crippen LogP contribution < -0.4 is 5.32 Å². The number of aliphatic hydroxyl groups excluding tert-OH is 1. The first-order valence-electron chi connectivity index (χ1n) is 16.2. The highest BCUT2D eigenvalue weighted by Crippen LogP contribution is 2.42. The Morgan fingerprint density at radius 3 is 2.51 bits per heavy atom. The minimum Gasteiger partial charge on any atom is -0.459 e. The second kappa shape index (κ2) is 13.9. The van der Waals surface area contributed by atoms with Crippen molar-refractivity contribution in [2.75, 3.05) is 18.4 Å². The second-order valence-corrected chi connectivity index (χ2v) is 13.3. The molecule has 2 fully saturated rings. The van der Waals surface area contributed by atoms with Crippen molar-refractivity contribution in [2.45, 2.75) is 77.3 Å². The van der Waals surface area contributed by atoms with Gasteiger partial charge in [0.1, 0.15) is 17.3 Å². The molecule has 2 aliphatic heterocycles. The lowest BCUT2D eigenvalue weighted by molar-refractivity contribution is -0.276. The molecular formula is C37H42N4O6. The number of esters is 1. The van der Waals surface area contributed by atoms with Gasteiger partial charge in [0.15, 0.2) is 6.29 Å². The molecule has 0 aliphatic carbocycles. The van der Waals surface area contributed by atoms with Crippen LogP contribution in [-0.4, -0.2) is 62.7 Å². The van der Waals surface area contributed by atoms with Crippen LogP contribution in [-0.2, 0) is 25.6 Å². The van der Waals surface area contributed by atoms with Crippen molar-refractivity contribution in [3.05, 3.63) is 101 Å². The van der Waals surface area contributed by atoms with Crippen molar-refractivity contribution in [3.63, 3.8) is 0 Å².